The molecule has 6 heteroatoms. The molecule has 1 aromatic rings. The highest BCUT2D eigenvalue weighted by Crippen LogP contribution is 2.44. The summed E-state index contributed by atoms with van der Waals surface area (Å²) in [7, 11) is 0. The molecule has 2 heterocycles. The summed E-state index contributed by atoms with van der Waals surface area (Å²) in [6, 6.07) is 8.42. The van der Waals surface area contributed by atoms with Crippen molar-refractivity contribution in [2.45, 2.75) is 50.2 Å². The molecule has 1 atom stereocenters. The van der Waals surface area contributed by atoms with Gasteiger partial charge in [0.25, 0.3) is 0 Å². The molecule has 1 saturated carbocycles. The second-order valence-electron chi connectivity index (χ2n) is 8.21. The molecule has 27 heavy (non-hydrogen) atoms. The zero-order chi connectivity index (χ0) is 18.9. The third-order valence-corrected chi connectivity index (χ3v) is 6.07. The number of piperidine rings is 1. The third-order valence-electron chi connectivity index (χ3n) is 6.07. The van der Waals surface area contributed by atoms with E-state index in [1.165, 1.54) is 30.5 Å². The fourth-order valence-corrected chi connectivity index (χ4v) is 4.53. The van der Waals surface area contributed by atoms with Gasteiger partial charge in [0, 0.05) is 19.6 Å². The maximum absolute atomic E-state index is 12.1. The van der Waals surface area contributed by atoms with Gasteiger partial charge in [0.1, 0.15) is 6.54 Å². The summed E-state index contributed by atoms with van der Waals surface area (Å²) in [5.74, 6) is -0.398. The van der Waals surface area contributed by atoms with E-state index in [2.05, 4.69) is 28.4 Å². The molecule has 1 saturated heterocycles. The van der Waals surface area contributed by atoms with Gasteiger partial charge in [0.15, 0.2) is 0 Å². The first kappa shape index (κ1) is 18.4. The molecule has 146 valence electrons. The molecule has 0 radical (unpaired) electrons. The molecule has 2 aliphatic heterocycles. The first-order valence-corrected chi connectivity index (χ1v) is 10.0. The fourth-order valence-electron chi connectivity index (χ4n) is 4.53. The average Bonchev–Trinajstić information content (AvgIpc) is 3.46. The standard InChI is InChI=1S/C21H28N2O4/c24-19(22-13-20(25)26)12-17-11-16-3-1-2-4-18(16)21(27-17)7-9-23(10-8-21)14-15-5-6-15/h1-4,15,17H,5-14H2,(H,22,24)(H,25,26). The molecule has 1 aliphatic carbocycles. The van der Waals surface area contributed by atoms with E-state index in [9.17, 15) is 9.59 Å². The van der Waals surface area contributed by atoms with Crippen LogP contribution in [0.1, 0.15) is 43.2 Å². The summed E-state index contributed by atoms with van der Waals surface area (Å²) in [4.78, 5) is 25.3. The van der Waals surface area contributed by atoms with Crippen LogP contribution in [0.3, 0.4) is 0 Å². The quantitative estimate of drug-likeness (QED) is 0.798. The fraction of sp³-hybridized carbons (Fsp3) is 0.619. The predicted octanol–water partition coefficient (Wildman–Crippen LogP) is 1.92. The number of hydrogen-bond donors (Lipinski definition) is 2. The zero-order valence-electron chi connectivity index (χ0n) is 15.7. The van der Waals surface area contributed by atoms with Crippen molar-refractivity contribution in [2.24, 2.45) is 5.92 Å². The summed E-state index contributed by atoms with van der Waals surface area (Å²) >= 11 is 0. The van der Waals surface area contributed by atoms with E-state index in [0.717, 1.165) is 31.8 Å². The van der Waals surface area contributed by atoms with E-state index >= 15 is 0 Å². The van der Waals surface area contributed by atoms with E-state index in [1.807, 2.05) is 6.07 Å². The monoisotopic (exact) mass is 372 g/mol. The largest absolute Gasteiger partial charge is 0.480 e. The number of benzene rings is 1. The first-order chi connectivity index (χ1) is 13.0. The second kappa shape index (κ2) is 7.60. The molecule has 6 nitrogen and oxygen atoms in total. The Kier molecular flexibility index (Phi) is 5.19. The van der Waals surface area contributed by atoms with Crippen LogP contribution in [0, 0.1) is 5.92 Å². The van der Waals surface area contributed by atoms with Crippen LogP contribution >= 0.6 is 0 Å². The Morgan fingerprint density at radius 2 is 1.96 bits per heavy atom. The van der Waals surface area contributed by atoms with Crippen molar-refractivity contribution in [1.82, 2.24) is 10.2 Å². The van der Waals surface area contributed by atoms with Crippen molar-refractivity contribution < 1.29 is 19.4 Å². The van der Waals surface area contributed by atoms with Gasteiger partial charge in [-0.2, -0.15) is 0 Å². The molecule has 0 aromatic heterocycles. The van der Waals surface area contributed by atoms with Gasteiger partial charge in [-0.15, -0.1) is 0 Å². The molecular formula is C21H28N2O4. The van der Waals surface area contributed by atoms with Crippen molar-refractivity contribution in [3.63, 3.8) is 0 Å². The van der Waals surface area contributed by atoms with Gasteiger partial charge >= 0.3 is 5.97 Å². The van der Waals surface area contributed by atoms with Crippen LogP contribution in [0.15, 0.2) is 24.3 Å². The Balaban J connectivity index is 1.45. The molecule has 1 amide bonds. The number of carboxylic acids is 1. The van der Waals surface area contributed by atoms with Gasteiger partial charge in [-0.1, -0.05) is 24.3 Å². The lowest BCUT2D eigenvalue weighted by atomic mass is 9.78. The summed E-state index contributed by atoms with van der Waals surface area (Å²) in [5, 5.41) is 11.2. The Morgan fingerprint density at radius 3 is 2.67 bits per heavy atom. The van der Waals surface area contributed by atoms with Crippen molar-refractivity contribution in [3.05, 3.63) is 35.4 Å². The van der Waals surface area contributed by atoms with E-state index in [0.29, 0.717) is 6.42 Å². The maximum Gasteiger partial charge on any atom is 0.322 e. The van der Waals surface area contributed by atoms with Gasteiger partial charge in [-0.25, -0.2) is 0 Å². The predicted molar refractivity (Wildman–Crippen MR) is 100 cm³/mol. The number of fused-ring (bicyclic) bond motifs is 2. The second-order valence-corrected chi connectivity index (χ2v) is 8.21. The first-order valence-electron chi connectivity index (χ1n) is 10.0. The number of rotatable bonds is 6. The van der Waals surface area contributed by atoms with Crippen molar-refractivity contribution in [1.29, 1.82) is 0 Å². The number of likely N-dealkylation sites (tertiary alicyclic amines) is 1. The number of amides is 1. The highest BCUT2D eigenvalue weighted by molar-refractivity contribution is 5.81. The lowest BCUT2D eigenvalue weighted by Crippen LogP contribution is -2.50. The summed E-state index contributed by atoms with van der Waals surface area (Å²) in [5.41, 5.74) is 2.22. The van der Waals surface area contributed by atoms with E-state index < -0.39 is 5.97 Å². The Morgan fingerprint density at radius 1 is 1.22 bits per heavy atom. The molecule has 1 aromatic carbocycles. The number of aliphatic carboxylic acids is 1. The Bertz CT molecular complexity index is 708. The number of ether oxygens (including phenoxy) is 1. The van der Waals surface area contributed by atoms with Gasteiger partial charge < -0.3 is 20.1 Å². The molecule has 0 bridgehead atoms. The number of nitrogens with one attached hydrogen (secondary N) is 1. The lowest BCUT2D eigenvalue weighted by Gasteiger charge is -2.47. The van der Waals surface area contributed by atoms with Crippen LogP contribution in [-0.4, -0.2) is 54.2 Å². The maximum atomic E-state index is 12.1. The van der Waals surface area contributed by atoms with Crippen molar-refractivity contribution in [2.75, 3.05) is 26.2 Å². The number of nitrogens with zero attached hydrogens (tertiary/aromatic N) is 1. The van der Waals surface area contributed by atoms with Crippen LogP contribution in [0.4, 0.5) is 0 Å². The highest BCUT2D eigenvalue weighted by Gasteiger charge is 2.44. The normalized spacial score (nSPS) is 24.4. The summed E-state index contributed by atoms with van der Waals surface area (Å²) < 4.78 is 6.55. The van der Waals surface area contributed by atoms with Crippen LogP contribution < -0.4 is 5.32 Å². The molecule has 4 rings (SSSR count). The average molecular weight is 372 g/mol. The minimum Gasteiger partial charge on any atom is -0.480 e. The van der Waals surface area contributed by atoms with E-state index in [4.69, 9.17) is 9.84 Å². The molecular weight excluding hydrogens is 344 g/mol. The van der Waals surface area contributed by atoms with Gasteiger partial charge in [-0.05, 0) is 49.1 Å². The third kappa shape index (κ3) is 4.33. The van der Waals surface area contributed by atoms with E-state index in [-0.39, 0.29) is 30.6 Å². The van der Waals surface area contributed by atoms with Crippen LogP contribution in [0.2, 0.25) is 0 Å². The van der Waals surface area contributed by atoms with E-state index in [1.54, 1.807) is 0 Å². The molecule has 2 fully saturated rings. The lowest BCUT2D eigenvalue weighted by molar-refractivity contribution is -0.151. The highest BCUT2D eigenvalue weighted by atomic mass is 16.5. The minimum atomic E-state index is -1.03. The van der Waals surface area contributed by atoms with Gasteiger partial charge in [0.2, 0.25) is 5.91 Å². The van der Waals surface area contributed by atoms with Gasteiger partial charge in [0.05, 0.1) is 18.1 Å². The number of carbonyl (C=O) groups is 2. The molecule has 1 spiro atoms. The van der Waals surface area contributed by atoms with Crippen LogP contribution in [0.25, 0.3) is 0 Å². The minimum absolute atomic E-state index is 0.204. The van der Waals surface area contributed by atoms with Crippen LogP contribution in [-0.2, 0) is 26.3 Å². The summed E-state index contributed by atoms with van der Waals surface area (Å²) in [6.45, 7) is 2.92. The number of carbonyl (C=O) groups excluding carboxylic acids is 1. The SMILES string of the molecule is O=C(O)CNC(=O)CC1Cc2ccccc2C2(CCN(CC3CC3)CC2)O1. The zero-order valence-corrected chi connectivity index (χ0v) is 15.7. The molecule has 3 aliphatic rings. The topological polar surface area (TPSA) is 78.9 Å². The number of carboxylic acid groups (broad SMARTS) is 1. The Hall–Kier alpha value is -1.92. The summed E-state index contributed by atoms with van der Waals surface area (Å²) in [6.07, 6.45) is 5.33. The smallest absolute Gasteiger partial charge is 0.322 e. The molecule has 1 unspecified atom stereocenters. The Labute approximate surface area is 159 Å². The van der Waals surface area contributed by atoms with Crippen molar-refractivity contribution >= 4 is 11.9 Å². The van der Waals surface area contributed by atoms with Crippen LogP contribution in [0.5, 0.6) is 0 Å². The molecule has 2 N–H and O–H groups in total. The number of hydrogen-bond acceptors (Lipinski definition) is 4. The van der Waals surface area contributed by atoms with Crippen molar-refractivity contribution in [3.8, 4) is 0 Å². The van der Waals surface area contributed by atoms with Gasteiger partial charge in [-0.3, -0.25) is 9.59 Å².